The molecule has 7 heteroatoms. The van der Waals surface area contributed by atoms with Gasteiger partial charge in [0.1, 0.15) is 0 Å². The lowest BCUT2D eigenvalue weighted by Gasteiger charge is -2.06. The molecular weight excluding hydrogens is 465 g/mol. The van der Waals surface area contributed by atoms with E-state index in [2.05, 4.69) is 44.7 Å². The fourth-order valence-corrected chi connectivity index (χ4v) is 2.67. The third-order valence-corrected chi connectivity index (χ3v) is 4.23. The van der Waals surface area contributed by atoms with Gasteiger partial charge >= 0.3 is 0 Å². The van der Waals surface area contributed by atoms with Gasteiger partial charge in [-0.25, -0.2) is 0 Å². The van der Waals surface area contributed by atoms with Crippen LogP contribution < -0.4 is 11.1 Å². The number of nitrogens with two attached hydrogens (primary N) is 1. The van der Waals surface area contributed by atoms with Crippen LogP contribution in [-0.2, 0) is 19.3 Å². The third kappa shape index (κ3) is 6.63. The number of aliphatic imine (C=N–C) groups is 1. The Morgan fingerprint density at radius 3 is 2.43 bits per heavy atom. The smallest absolute Gasteiger partial charge is 0.257 e. The zero-order valence-electron chi connectivity index (χ0n) is 16.0. The van der Waals surface area contributed by atoms with Gasteiger partial charge in [-0.15, -0.1) is 24.0 Å². The second kappa shape index (κ2) is 11.4. The summed E-state index contributed by atoms with van der Waals surface area (Å²) in [7, 11) is 0. The monoisotopic (exact) mass is 491 g/mol. The first-order valence-electron chi connectivity index (χ1n) is 9.24. The molecule has 0 aliphatic rings. The molecule has 148 valence electrons. The summed E-state index contributed by atoms with van der Waals surface area (Å²) in [6.45, 7) is 3.42. The molecule has 3 rings (SSSR count). The Morgan fingerprint density at radius 2 is 1.75 bits per heavy atom. The highest BCUT2D eigenvalue weighted by atomic mass is 127. The number of aryl methyl sites for hydroxylation is 1. The lowest BCUT2D eigenvalue weighted by atomic mass is 10.1. The van der Waals surface area contributed by atoms with E-state index in [1.54, 1.807) is 0 Å². The molecule has 0 aliphatic heterocycles. The Balaban J connectivity index is 0.00000280. The van der Waals surface area contributed by atoms with Gasteiger partial charge in [0.05, 0.1) is 0 Å². The molecule has 0 spiro atoms. The van der Waals surface area contributed by atoms with Crippen molar-refractivity contribution in [1.82, 2.24) is 15.5 Å². The lowest BCUT2D eigenvalue weighted by molar-refractivity contribution is 0.423. The number of rotatable bonds is 8. The van der Waals surface area contributed by atoms with Crippen molar-refractivity contribution in [3.8, 4) is 11.5 Å². The second-order valence-corrected chi connectivity index (χ2v) is 6.25. The second-order valence-electron chi connectivity index (χ2n) is 6.25. The van der Waals surface area contributed by atoms with Gasteiger partial charge in [-0.3, -0.25) is 4.99 Å². The summed E-state index contributed by atoms with van der Waals surface area (Å²) in [6, 6.07) is 18.4. The highest BCUT2D eigenvalue weighted by molar-refractivity contribution is 14.0. The predicted molar refractivity (Wildman–Crippen MR) is 123 cm³/mol. The number of nitrogens with one attached hydrogen (secondary N) is 1. The van der Waals surface area contributed by atoms with Crippen molar-refractivity contribution in [2.45, 2.75) is 26.2 Å². The van der Waals surface area contributed by atoms with Gasteiger partial charge in [-0.05, 0) is 36.1 Å². The van der Waals surface area contributed by atoms with E-state index in [9.17, 15) is 0 Å². The molecule has 0 bridgehead atoms. The summed E-state index contributed by atoms with van der Waals surface area (Å²) >= 11 is 0. The van der Waals surface area contributed by atoms with Crippen LogP contribution in [0, 0.1) is 0 Å². The number of aromatic nitrogens is 2. The van der Waals surface area contributed by atoms with Crippen LogP contribution in [0.25, 0.3) is 11.5 Å². The van der Waals surface area contributed by atoms with Gasteiger partial charge in [0.15, 0.2) is 11.8 Å². The summed E-state index contributed by atoms with van der Waals surface area (Å²) < 4.78 is 5.26. The summed E-state index contributed by atoms with van der Waals surface area (Å²) in [5, 5.41) is 7.08. The molecule has 0 fully saturated rings. The molecule has 0 amide bonds. The van der Waals surface area contributed by atoms with Crippen molar-refractivity contribution in [3.05, 3.63) is 71.5 Å². The van der Waals surface area contributed by atoms with E-state index < -0.39 is 0 Å². The van der Waals surface area contributed by atoms with Gasteiger partial charge < -0.3 is 15.6 Å². The molecule has 28 heavy (non-hydrogen) atoms. The summed E-state index contributed by atoms with van der Waals surface area (Å²) in [5.41, 5.74) is 9.33. The Hall–Kier alpha value is -2.42. The van der Waals surface area contributed by atoms with Crippen molar-refractivity contribution >= 4 is 29.9 Å². The molecule has 0 atom stereocenters. The topological polar surface area (TPSA) is 89.3 Å². The first-order valence-corrected chi connectivity index (χ1v) is 9.24. The van der Waals surface area contributed by atoms with Gasteiger partial charge in [-0.1, -0.05) is 54.5 Å². The van der Waals surface area contributed by atoms with Crippen LogP contribution in [0.1, 0.15) is 23.9 Å². The van der Waals surface area contributed by atoms with Crippen LogP contribution in [-0.4, -0.2) is 29.2 Å². The van der Waals surface area contributed by atoms with Crippen molar-refractivity contribution in [1.29, 1.82) is 0 Å². The highest BCUT2D eigenvalue weighted by Gasteiger charge is 2.07. The molecule has 0 radical (unpaired) electrons. The quantitative estimate of drug-likeness (QED) is 0.286. The number of nitrogens with zero attached hydrogens (tertiary/aromatic N) is 3. The van der Waals surface area contributed by atoms with Crippen LogP contribution in [0.15, 0.2) is 64.1 Å². The zero-order chi connectivity index (χ0) is 18.9. The van der Waals surface area contributed by atoms with Crippen LogP contribution in [0.2, 0.25) is 0 Å². The SMILES string of the molecule is CCc1noc(-c2ccc(CCN=C(N)NCCc3ccccc3)cc2)n1.I. The standard InChI is InChI=1S/C21H25N5O.HI/c1-2-19-25-20(27-26-19)18-10-8-17(9-11-18)13-15-24-21(22)23-14-12-16-6-4-3-5-7-16;/h3-11H,2,12-15H2,1H3,(H3,22,23,24);1H. The molecule has 6 nitrogen and oxygen atoms in total. The number of benzene rings is 2. The lowest BCUT2D eigenvalue weighted by Crippen LogP contribution is -2.33. The molecule has 0 saturated heterocycles. The largest absolute Gasteiger partial charge is 0.370 e. The van der Waals surface area contributed by atoms with Gasteiger partial charge in [0.25, 0.3) is 5.89 Å². The minimum absolute atomic E-state index is 0. The van der Waals surface area contributed by atoms with Gasteiger partial charge in [0.2, 0.25) is 0 Å². The fraction of sp³-hybridized carbons (Fsp3) is 0.286. The molecule has 2 aromatic carbocycles. The maximum Gasteiger partial charge on any atom is 0.257 e. The number of hydrogen-bond acceptors (Lipinski definition) is 4. The average molecular weight is 491 g/mol. The number of hydrogen-bond donors (Lipinski definition) is 2. The van der Waals surface area contributed by atoms with E-state index in [0.29, 0.717) is 18.4 Å². The van der Waals surface area contributed by atoms with Gasteiger partial charge in [-0.2, -0.15) is 4.98 Å². The fourth-order valence-electron chi connectivity index (χ4n) is 2.67. The molecule has 1 heterocycles. The number of halogens is 1. The van der Waals surface area contributed by atoms with Gasteiger partial charge in [0, 0.05) is 25.1 Å². The van der Waals surface area contributed by atoms with Crippen LogP contribution in [0.4, 0.5) is 0 Å². The zero-order valence-corrected chi connectivity index (χ0v) is 18.3. The van der Waals surface area contributed by atoms with Crippen LogP contribution in [0.5, 0.6) is 0 Å². The average Bonchev–Trinajstić information content (AvgIpc) is 3.19. The third-order valence-electron chi connectivity index (χ3n) is 4.23. The van der Waals surface area contributed by atoms with E-state index in [0.717, 1.165) is 37.2 Å². The van der Waals surface area contributed by atoms with Crippen molar-refractivity contribution in [2.24, 2.45) is 10.7 Å². The summed E-state index contributed by atoms with van der Waals surface area (Å²) in [5.74, 6) is 1.77. The van der Waals surface area contributed by atoms with E-state index in [1.165, 1.54) is 11.1 Å². The Labute approximate surface area is 182 Å². The number of guanidine groups is 1. The maximum absolute atomic E-state index is 5.93. The molecular formula is C21H26IN5O. The van der Waals surface area contributed by atoms with Crippen molar-refractivity contribution < 1.29 is 4.52 Å². The minimum atomic E-state index is 0. The molecule has 3 N–H and O–H groups in total. The Bertz CT molecular complexity index is 862. The highest BCUT2D eigenvalue weighted by Crippen LogP contribution is 2.18. The molecule has 0 saturated carbocycles. The minimum Gasteiger partial charge on any atom is -0.370 e. The van der Waals surface area contributed by atoms with Crippen molar-refractivity contribution in [3.63, 3.8) is 0 Å². The van der Waals surface area contributed by atoms with E-state index in [4.69, 9.17) is 10.3 Å². The first kappa shape index (κ1) is 21.9. The maximum atomic E-state index is 5.93. The summed E-state index contributed by atoms with van der Waals surface area (Å²) in [4.78, 5) is 8.73. The Morgan fingerprint density at radius 1 is 1.04 bits per heavy atom. The van der Waals surface area contributed by atoms with Crippen LogP contribution in [0.3, 0.4) is 0 Å². The molecule has 1 aromatic heterocycles. The molecule has 0 aliphatic carbocycles. The molecule has 0 unspecified atom stereocenters. The first-order chi connectivity index (χ1) is 13.2. The summed E-state index contributed by atoms with van der Waals surface area (Å²) in [6.07, 6.45) is 2.51. The Kier molecular flexibility index (Phi) is 8.93. The van der Waals surface area contributed by atoms with E-state index in [-0.39, 0.29) is 24.0 Å². The molecule has 3 aromatic rings. The van der Waals surface area contributed by atoms with E-state index >= 15 is 0 Å². The normalized spacial score (nSPS) is 11.1. The predicted octanol–water partition coefficient (Wildman–Crippen LogP) is 3.61. The van der Waals surface area contributed by atoms with Crippen molar-refractivity contribution in [2.75, 3.05) is 13.1 Å². The van der Waals surface area contributed by atoms with E-state index in [1.807, 2.05) is 37.3 Å². The van der Waals surface area contributed by atoms with Crippen LogP contribution >= 0.6 is 24.0 Å².